The molecule has 0 aliphatic carbocycles. The number of nitrogens with one attached hydrogen (secondary N) is 1. The Labute approximate surface area is 209 Å². The van der Waals surface area contributed by atoms with E-state index in [0.717, 1.165) is 48.1 Å². The van der Waals surface area contributed by atoms with Gasteiger partial charge in [-0.05, 0) is 44.7 Å². The minimum absolute atomic E-state index is 0.109. The maximum Gasteiger partial charge on any atom is 0.232 e. The quantitative estimate of drug-likeness (QED) is 0.577. The van der Waals surface area contributed by atoms with Crippen molar-refractivity contribution in [2.45, 2.75) is 44.6 Å². The summed E-state index contributed by atoms with van der Waals surface area (Å²) >= 11 is 0. The third kappa shape index (κ3) is 4.31. The van der Waals surface area contributed by atoms with Crippen molar-refractivity contribution in [2.75, 3.05) is 32.6 Å². The van der Waals surface area contributed by atoms with E-state index in [1.807, 2.05) is 11.8 Å². The first-order chi connectivity index (χ1) is 17.3. The van der Waals surface area contributed by atoms with Gasteiger partial charge in [0.15, 0.2) is 0 Å². The Morgan fingerprint density at radius 1 is 1.14 bits per heavy atom. The molecule has 0 unspecified atom stereocenters. The van der Waals surface area contributed by atoms with Crippen molar-refractivity contribution < 1.29 is 18.7 Å². The number of methoxy groups -OCH3 is 2. The van der Waals surface area contributed by atoms with Gasteiger partial charge in [-0.15, -0.1) is 0 Å². The van der Waals surface area contributed by atoms with E-state index in [1.165, 1.54) is 13.2 Å². The van der Waals surface area contributed by atoms with Crippen LogP contribution >= 0.6 is 0 Å². The van der Waals surface area contributed by atoms with Gasteiger partial charge in [0, 0.05) is 36.0 Å². The molecular formula is C26H29FN6O3. The highest BCUT2D eigenvalue weighted by Gasteiger charge is 2.43. The van der Waals surface area contributed by atoms with Crippen LogP contribution in [0.1, 0.15) is 42.5 Å². The molecule has 1 saturated heterocycles. The minimum Gasteiger partial charge on any atom is -0.481 e. The van der Waals surface area contributed by atoms with Gasteiger partial charge in [0.05, 0.1) is 50.0 Å². The second-order valence-corrected chi connectivity index (χ2v) is 9.46. The molecule has 0 bridgehead atoms. The van der Waals surface area contributed by atoms with Gasteiger partial charge in [0.2, 0.25) is 17.7 Å². The summed E-state index contributed by atoms with van der Waals surface area (Å²) in [5.41, 5.74) is 3.62. The Hall–Kier alpha value is -3.82. The van der Waals surface area contributed by atoms with E-state index in [1.54, 1.807) is 26.4 Å². The van der Waals surface area contributed by atoms with E-state index in [4.69, 9.17) is 14.5 Å². The summed E-state index contributed by atoms with van der Waals surface area (Å²) < 4.78 is 24.8. The summed E-state index contributed by atoms with van der Waals surface area (Å²) in [4.78, 5) is 32.6. The largest absolute Gasteiger partial charge is 0.481 e. The predicted octanol–water partition coefficient (Wildman–Crippen LogP) is 3.53. The van der Waals surface area contributed by atoms with Crippen molar-refractivity contribution in [2.24, 2.45) is 0 Å². The van der Waals surface area contributed by atoms with E-state index >= 15 is 0 Å². The van der Waals surface area contributed by atoms with Crippen LogP contribution in [0.2, 0.25) is 0 Å². The number of pyridine rings is 2. The van der Waals surface area contributed by atoms with Crippen molar-refractivity contribution in [1.29, 1.82) is 0 Å². The monoisotopic (exact) mass is 492 g/mol. The van der Waals surface area contributed by atoms with Crippen molar-refractivity contribution in [3.63, 3.8) is 0 Å². The normalized spacial score (nSPS) is 19.5. The number of carbonyl (C=O) groups excluding carboxylic acids is 1. The summed E-state index contributed by atoms with van der Waals surface area (Å²) in [6, 6.07) is 3.61. The van der Waals surface area contributed by atoms with E-state index < -0.39 is 11.7 Å². The molecule has 0 saturated carbocycles. The molecule has 1 fully saturated rings. The van der Waals surface area contributed by atoms with Crippen LogP contribution in [-0.2, 0) is 11.2 Å². The number of carbonyl (C=O) groups is 1. The third-order valence-corrected chi connectivity index (χ3v) is 7.22. The number of hydrogen-bond acceptors (Lipinski definition) is 8. The summed E-state index contributed by atoms with van der Waals surface area (Å²) in [7, 11) is 3.03. The summed E-state index contributed by atoms with van der Waals surface area (Å²) in [5.74, 6) is 0.326. The third-order valence-electron chi connectivity index (χ3n) is 7.22. The molecule has 5 heterocycles. The zero-order valence-corrected chi connectivity index (χ0v) is 20.8. The number of halogens is 1. The molecular weight excluding hydrogens is 463 g/mol. The van der Waals surface area contributed by atoms with Crippen molar-refractivity contribution in [3.05, 3.63) is 53.4 Å². The molecule has 3 aromatic rings. The molecule has 0 radical (unpaired) electrons. The van der Waals surface area contributed by atoms with Crippen LogP contribution in [0.15, 0.2) is 30.7 Å². The lowest BCUT2D eigenvalue weighted by molar-refractivity contribution is -0.131. The average Bonchev–Trinajstić information content (AvgIpc) is 3.30. The number of fused-ring (bicyclic) bond motifs is 1. The number of aromatic nitrogens is 4. The second-order valence-electron chi connectivity index (χ2n) is 9.46. The Morgan fingerprint density at radius 2 is 1.94 bits per heavy atom. The fourth-order valence-electron chi connectivity index (χ4n) is 5.12. The lowest BCUT2D eigenvalue weighted by atomic mass is 9.86. The maximum absolute atomic E-state index is 14.4. The molecule has 10 heteroatoms. The molecule has 2 aliphatic heterocycles. The van der Waals surface area contributed by atoms with Gasteiger partial charge in [0.1, 0.15) is 11.6 Å². The molecule has 1 spiro atoms. The van der Waals surface area contributed by atoms with Crippen LogP contribution in [0.25, 0.3) is 11.3 Å². The first-order valence-electron chi connectivity index (χ1n) is 12.0. The van der Waals surface area contributed by atoms with Gasteiger partial charge in [-0.2, -0.15) is 0 Å². The predicted molar refractivity (Wildman–Crippen MR) is 132 cm³/mol. The van der Waals surface area contributed by atoms with Crippen LogP contribution in [0.5, 0.6) is 11.8 Å². The zero-order valence-electron chi connectivity index (χ0n) is 20.8. The second kappa shape index (κ2) is 9.33. The number of hydrogen-bond donors (Lipinski definition) is 1. The molecule has 5 rings (SSSR count). The first kappa shape index (κ1) is 23.9. The lowest BCUT2D eigenvalue weighted by Crippen LogP contribution is -2.46. The van der Waals surface area contributed by atoms with Crippen molar-refractivity contribution in [3.8, 4) is 23.0 Å². The molecule has 0 aromatic carbocycles. The minimum atomic E-state index is -0.639. The number of ether oxygens (including phenoxy) is 2. The molecule has 188 valence electrons. The zero-order chi connectivity index (χ0) is 25.4. The fourth-order valence-corrected chi connectivity index (χ4v) is 5.12. The molecule has 3 aromatic heterocycles. The van der Waals surface area contributed by atoms with E-state index in [9.17, 15) is 9.18 Å². The summed E-state index contributed by atoms with van der Waals surface area (Å²) in [6.45, 7) is 4.82. The van der Waals surface area contributed by atoms with Crippen LogP contribution in [0.4, 0.5) is 10.2 Å². The first-order valence-corrected chi connectivity index (χ1v) is 12.0. The summed E-state index contributed by atoms with van der Waals surface area (Å²) in [6.07, 6.45) is 6.87. The van der Waals surface area contributed by atoms with Crippen LogP contribution in [0.3, 0.4) is 0 Å². The SMILES string of the molecule is COc1cc([C@@H](C)C(=O)N2CC[C@@]3(CCc4cc(-c5cncc(OC)n5)c(C)nc4N3)C2)c(F)cn1. The number of likely N-dealkylation sites (tertiary alicyclic amines) is 1. The van der Waals surface area contributed by atoms with Gasteiger partial charge < -0.3 is 19.7 Å². The van der Waals surface area contributed by atoms with Gasteiger partial charge in [-0.1, -0.05) is 0 Å². The highest BCUT2D eigenvalue weighted by Crippen LogP contribution is 2.39. The molecule has 36 heavy (non-hydrogen) atoms. The van der Waals surface area contributed by atoms with Gasteiger partial charge >= 0.3 is 0 Å². The Kier molecular flexibility index (Phi) is 6.19. The van der Waals surface area contributed by atoms with Gasteiger partial charge in [0.25, 0.3) is 0 Å². The molecule has 1 amide bonds. The summed E-state index contributed by atoms with van der Waals surface area (Å²) in [5, 5.41) is 3.64. The Morgan fingerprint density at radius 3 is 2.72 bits per heavy atom. The van der Waals surface area contributed by atoms with Gasteiger partial charge in [-0.3, -0.25) is 9.78 Å². The number of aryl methyl sites for hydroxylation is 2. The van der Waals surface area contributed by atoms with E-state index in [2.05, 4.69) is 26.3 Å². The Bertz CT molecular complexity index is 1320. The standard InChI is InChI=1S/C26H29FN6O3/c1-15(18-10-22(35-3)29-11-20(18)27)25(34)33-8-7-26(14-33)6-5-17-9-19(16(2)30-24(17)32-26)21-12-28-13-23(31-21)36-4/h9-13,15H,5-8,14H2,1-4H3,(H,30,32)/t15-,26+/m1/s1. The average molecular weight is 493 g/mol. The number of nitrogens with zero attached hydrogens (tertiary/aromatic N) is 5. The molecule has 2 aliphatic rings. The van der Waals surface area contributed by atoms with Crippen molar-refractivity contribution in [1.82, 2.24) is 24.8 Å². The van der Waals surface area contributed by atoms with Crippen LogP contribution < -0.4 is 14.8 Å². The van der Waals surface area contributed by atoms with E-state index in [0.29, 0.717) is 30.2 Å². The number of rotatable bonds is 5. The Balaban J connectivity index is 1.33. The molecule has 1 N–H and O–H groups in total. The van der Waals surface area contributed by atoms with Crippen molar-refractivity contribution >= 4 is 11.7 Å². The van der Waals surface area contributed by atoms with Gasteiger partial charge in [-0.25, -0.2) is 19.3 Å². The lowest BCUT2D eigenvalue weighted by Gasteiger charge is -2.36. The highest BCUT2D eigenvalue weighted by molar-refractivity contribution is 5.84. The molecule has 9 nitrogen and oxygen atoms in total. The number of amides is 1. The van der Waals surface area contributed by atoms with E-state index in [-0.39, 0.29) is 17.3 Å². The topological polar surface area (TPSA) is 102 Å². The maximum atomic E-state index is 14.4. The smallest absolute Gasteiger partial charge is 0.232 e. The highest BCUT2D eigenvalue weighted by atomic mass is 19.1. The van der Waals surface area contributed by atoms with Crippen LogP contribution in [-0.4, -0.2) is 63.6 Å². The fraction of sp³-hybridized carbons (Fsp3) is 0.423. The molecule has 2 atom stereocenters. The number of anilines is 1. The van der Waals surface area contributed by atoms with Crippen LogP contribution in [0, 0.1) is 12.7 Å².